The number of aromatic nitrogens is 1. The highest BCUT2D eigenvalue weighted by Gasteiger charge is 2.12. The van der Waals surface area contributed by atoms with E-state index in [0.29, 0.717) is 0 Å². The number of pyridine rings is 1. The second kappa shape index (κ2) is 10.3. The minimum atomic E-state index is 0.972. The first-order chi connectivity index (χ1) is 18.6. The van der Waals surface area contributed by atoms with Crippen LogP contribution in [0.15, 0.2) is 140 Å². The van der Waals surface area contributed by atoms with Crippen LogP contribution in [0.2, 0.25) is 0 Å². The van der Waals surface area contributed by atoms with Crippen LogP contribution in [0.5, 0.6) is 0 Å². The first kappa shape index (κ1) is 23.6. The number of nitrogens with zero attached hydrogens (tertiary/aromatic N) is 1. The van der Waals surface area contributed by atoms with Gasteiger partial charge in [0.1, 0.15) is 0 Å². The molecule has 0 aliphatic carbocycles. The maximum Gasteiger partial charge on any atom is 0.0715 e. The average molecular weight is 488 g/mol. The van der Waals surface area contributed by atoms with Crippen molar-refractivity contribution >= 4 is 0 Å². The molecule has 0 spiro atoms. The fourth-order valence-corrected chi connectivity index (χ4v) is 4.99. The number of benzene rings is 5. The third-order valence-electron chi connectivity index (χ3n) is 6.93. The summed E-state index contributed by atoms with van der Waals surface area (Å²) in [6.45, 7) is 4.30. The summed E-state index contributed by atoms with van der Waals surface area (Å²) in [5.74, 6) is 0. The molecule has 1 aromatic heterocycles. The number of aryl methyl sites for hydroxylation is 2. The lowest BCUT2D eigenvalue weighted by Crippen LogP contribution is -1.92. The summed E-state index contributed by atoms with van der Waals surface area (Å²) < 4.78 is 0. The quantitative estimate of drug-likeness (QED) is 0.236. The first-order valence-electron chi connectivity index (χ1n) is 13.0. The van der Waals surface area contributed by atoms with E-state index in [-0.39, 0.29) is 0 Å². The SMILES string of the molecule is Cc1cccc(-c2cc(-c3cccc(C)c3)cc(-c3cc(-c4ccccc4)nc(-c4ccccc4)c3)c2)c1. The number of hydrogen-bond acceptors (Lipinski definition) is 1. The van der Waals surface area contributed by atoms with Crippen LogP contribution in [-0.2, 0) is 0 Å². The molecule has 0 amide bonds. The lowest BCUT2D eigenvalue weighted by atomic mass is 9.91. The van der Waals surface area contributed by atoms with Crippen molar-refractivity contribution in [1.29, 1.82) is 0 Å². The maximum absolute atomic E-state index is 5.08. The van der Waals surface area contributed by atoms with Gasteiger partial charge >= 0.3 is 0 Å². The van der Waals surface area contributed by atoms with Crippen LogP contribution in [0.3, 0.4) is 0 Å². The Balaban J connectivity index is 1.59. The standard InChI is InChI=1S/C37H29N/c1-26-11-9-17-30(19-26)32-21-33(31-18-10-12-27(2)20-31)23-34(22-32)35-24-36(28-13-5-3-6-14-28)38-37(25-35)29-15-7-4-8-16-29/h3-25H,1-2H3. The third-order valence-corrected chi connectivity index (χ3v) is 6.93. The Hall–Kier alpha value is -4.75. The summed E-state index contributed by atoms with van der Waals surface area (Å²) in [5.41, 5.74) is 13.9. The van der Waals surface area contributed by atoms with Crippen molar-refractivity contribution < 1.29 is 0 Å². The van der Waals surface area contributed by atoms with Crippen LogP contribution in [0.1, 0.15) is 11.1 Å². The Labute approximate surface area is 225 Å². The second-order valence-electron chi connectivity index (χ2n) is 9.90. The average Bonchev–Trinajstić information content (AvgIpc) is 2.97. The minimum Gasteiger partial charge on any atom is -0.248 e. The van der Waals surface area contributed by atoms with Crippen LogP contribution in [-0.4, -0.2) is 4.98 Å². The van der Waals surface area contributed by atoms with Crippen molar-refractivity contribution in [2.75, 3.05) is 0 Å². The Morgan fingerprint density at radius 2 is 0.684 bits per heavy atom. The molecule has 0 fully saturated rings. The Morgan fingerprint density at radius 1 is 0.316 bits per heavy atom. The summed E-state index contributed by atoms with van der Waals surface area (Å²) in [7, 11) is 0. The zero-order chi connectivity index (χ0) is 25.9. The zero-order valence-electron chi connectivity index (χ0n) is 21.7. The van der Waals surface area contributed by atoms with Crippen molar-refractivity contribution in [1.82, 2.24) is 4.98 Å². The molecular weight excluding hydrogens is 458 g/mol. The molecule has 1 heteroatoms. The monoisotopic (exact) mass is 487 g/mol. The highest BCUT2D eigenvalue weighted by Crippen LogP contribution is 2.36. The highest BCUT2D eigenvalue weighted by atomic mass is 14.7. The van der Waals surface area contributed by atoms with Gasteiger partial charge in [0.2, 0.25) is 0 Å². The van der Waals surface area contributed by atoms with E-state index >= 15 is 0 Å². The largest absolute Gasteiger partial charge is 0.248 e. The van der Waals surface area contributed by atoms with Crippen molar-refractivity contribution in [2.45, 2.75) is 13.8 Å². The molecule has 0 saturated heterocycles. The van der Waals surface area contributed by atoms with Crippen molar-refractivity contribution in [2.24, 2.45) is 0 Å². The van der Waals surface area contributed by atoms with Crippen LogP contribution < -0.4 is 0 Å². The Bertz CT molecular complexity index is 1590. The van der Waals surface area contributed by atoms with Gasteiger partial charge < -0.3 is 0 Å². The third kappa shape index (κ3) is 5.05. The van der Waals surface area contributed by atoms with E-state index in [9.17, 15) is 0 Å². The van der Waals surface area contributed by atoms with E-state index < -0.39 is 0 Å². The normalized spacial score (nSPS) is 10.9. The van der Waals surface area contributed by atoms with Gasteiger partial charge in [0.25, 0.3) is 0 Å². The predicted octanol–water partition coefficient (Wildman–Crippen LogP) is 10.0. The molecule has 0 bridgehead atoms. The van der Waals surface area contributed by atoms with Gasteiger partial charge in [-0.25, -0.2) is 4.98 Å². The molecule has 5 aromatic carbocycles. The number of hydrogen-bond donors (Lipinski definition) is 0. The number of rotatable bonds is 5. The van der Waals surface area contributed by atoms with Gasteiger partial charge in [0, 0.05) is 11.1 Å². The second-order valence-corrected chi connectivity index (χ2v) is 9.90. The molecule has 0 unspecified atom stereocenters. The molecule has 0 aliphatic rings. The van der Waals surface area contributed by atoms with Crippen molar-refractivity contribution in [3.8, 4) is 55.9 Å². The van der Waals surface area contributed by atoms with Crippen LogP contribution in [0.25, 0.3) is 55.9 Å². The molecule has 6 rings (SSSR count). The molecule has 0 atom stereocenters. The molecule has 0 saturated carbocycles. The smallest absolute Gasteiger partial charge is 0.0715 e. The highest BCUT2D eigenvalue weighted by molar-refractivity contribution is 5.84. The van der Waals surface area contributed by atoms with Gasteiger partial charge in [-0.2, -0.15) is 0 Å². The predicted molar refractivity (Wildman–Crippen MR) is 161 cm³/mol. The Morgan fingerprint density at radius 3 is 1.11 bits per heavy atom. The van der Waals surface area contributed by atoms with Crippen LogP contribution in [0.4, 0.5) is 0 Å². The van der Waals surface area contributed by atoms with Gasteiger partial charge in [0.05, 0.1) is 11.4 Å². The van der Waals surface area contributed by atoms with Gasteiger partial charge in [-0.1, -0.05) is 120 Å². The molecule has 0 aliphatic heterocycles. The van der Waals surface area contributed by atoms with Gasteiger partial charge in [-0.15, -0.1) is 0 Å². The lowest BCUT2D eigenvalue weighted by molar-refractivity contribution is 1.32. The van der Waals surface area contributed by atoms with Gasteiger partial charge in [-0.05, 0) is 77.6 Å². The van der Waals surface area contributed by atoms with Crippen molar-refractivity contribution in [3.05, 3.63) is 151 Å². The summed E-state index contributed by atoms with van der Waals surface area (Å²) in [4.78, 5) is 5.08. The summed E-state index contributed by atoms with van der Waals surface area (Å²) in [5, 5.41) is 0. The molecule has 1 nitrogen and oxygen atoms in total. The van der Waals surface area contributed by atoms with Gasteiger partial charge in [-0.3, -0.25) is 0 Å². The van der Waals surface area contributed by atoms with E-state index in [2.05, 4.69) is 141 Å². The molecule has 0 radical (unpaired) electrons. The van der Waals surface area contributed by atoms with E-state index in [4.69, 9.17) is 4.98 Å². The van der Waals surface area contributed by atoms with Crippen molar-refractivity contribution in [3.63, 3.8) is 0 Å². The van der Waals surface area contributed by atoms with Crippen LogP contribution in [0, 0.1) is 13.8 Å². The van der Waals surface area contributed by atoms with E-state index in [1.165, 1.54) is 38.9 Å². The molecule has 6 aromatic rings. The summed E-state index contributed by atoms with van der Waals surface area (Å²) in [6, 6.07) is 49.7. The Kier molecular flexibility index (Phi) is 6.42. The molecule has 38 heavy (non-hydrogen) atoms. The van der Waals surface area contributed by atoms with E-state index in [0.717, 1.165) is 28.1 Å². The molecule has 1 heterocycles. The molecule has 182 valence electrons. The molecule has 0 N–H and O–H groups in total. The minimum absolute atomic E-state index is 0.972. The van der Waals surface area contributed by atoms with E-state index in [1.54, 1.807) is 0 Å². The first-order valence-corrected chi connectivity index (χ1v) is 13.0. The van der Waals surface area contributed by atoms with E-state index in [1.807, 2.05) is 12.1 Å². The summed E-state index contributed by atoms with van der Waals surface area (Å²) >= 11 is 0. The fourth-order valence-electron chi connectivity index (χ4n) is 4.99. The lowest BCUT2D eigenvalue weighted by Gasteiger charge is -2.14. The maximum atomic E-state index is 5.08. The summed E-state index contributed by atoms with van der Waals surface area (Å²) in [6.07, 6.45) is 0. The zero-order valence-corrected chi connectivity index (χ0v) is 21.7. The van der Waals surface area contributed by atoms with Gasteiger partial charge in [0.15, 0.2) is 0 Å². The fraction of sp³-hybridized carbons (Fsp3) is 0.0541. The molecular formula is C37H29N. The topological polar surface area (TPSA) is 12.9 Å². The van der Waals surface area contributed by atoms with Crippen LogP contribution >= 0.6 is 0 Å².